The highest BCUT2D eigenvalue weighted by Crippen LogP contribution is 2.42. The Morgan fingerprint density at radius 2 is 1.38 bits per heavy atom. The van der Waals surface area contributed by atoms with E-state index in [9.17, 15) is 15.0 Å². The molecule has 9 nitrogen and oxygen atoms in total. The third-order valence-corrected chi connectivity index (χ3v) is 8.32. The Kier molecular flexibility index (Phi) is 6.95. The third-order valence-electron chi connectivity index (χ3n) is 8.32. The number of rotatable bonds is 9. The van der Waals surface area contributed by atoms with Gasteiger partial charge in [-0.1, -0.05) is 91.0 Å². The molecule has 2 fully saturated rings. The minimum Gasteiger partial charge on any atom is -0.387 e. The molecule has 2 N–H and O–H groups in total. The molecule has 0 spiro atoms. The van der Waals surface area contributed by atoms with Gasteiger partial charge in [-0.05, 0) is 35.4 Å². The number of imidazole rings is 1. The number of nitrogens with zero attached hydrogens (tertiary/aromatic N) is 4. The van der Waals surface area contributed by atoms with Gasteiger partial charge in [-0.2, -0.15) is 0 Å². The first kappa shape index (κ1) is 26.7. The van der Waals surface area contributed by atoms with Gasteiger partial charge < -0.3 is 19.7 Å². The molecule has 4 atom stereocenters. The lowest BCUT2D eigenvalue weighted by Gasteiger charge is -2.37. The van der Waals surface area contributed by atoms with Gasteiger partial charge in [0.25, 0.3) is 5.56 Å². The third kappa shape index (κ3) is 4.64. The van der Waals surface area contributed by atoms with Crippen LogP contribution in [-0.4, -0.2) is 54.2 Å². The van der Waals surface area contributed by atoms with Crippen molar-refractivity contribution in [2.75, 3.05) is 6.61 Å². The zero-order valence-corrected chi connectivity index (χ0v) is 22.9. The fourth-order valence-electron chi connectivity index (χ4n) is 5.91. The number of fused-ring (bicyclic) bond motifs is 1. The van der Waals surface area contributed by atoms with Crippen molar-refractivity contribution in [2.24, 2.45) is 5.92 Å². The number of aliphatic hydroxyl groups excluding tert-OH is 2. The topological polar surface area (TPSA) is 112 Å². The fraction of sp³-hybridized carbons (Fsp3) is 0.303. The molecule has 7 rings (SSSR count). The van der Waals surface area contributed by atoms with Crippen molar-refractivity contribution in [2.45, 2.75) is 49.5 Å². The minimum atomic E-state index is -1.29. The van der Waals surface area contributed by atoms with Crippen LogP contribution in [-0.2, 0) is 21.6 Å². The highest BCUT2D eigenvalue weighted by atomic mass is 16.6. The highest BCUT2D eigenvalue weighted by Gasteiger charge is 2.47. The molecule has 1 saturated carbocycles. The number of hydrogen-bond acceptors (Lipinski definition) is 7. The molecular weight excluding hydrogens is 532 g/mol. The smallest absolute Gasteiger partial charge is 0.281 e. The standard InChI is InChI=1S/C33H32N4O5/c38-28-26(42-32(29(28)39)37-21-34-27-30(37)35-20-36(31(27)40)18-22-16-17-22)19-41-33(23-10-4-1-5-11-23,24-12-6-2-7-13-24)25-14-8-3-9-15-25/h1-15,20-22,26,28-29,32,38-39H,16-19H2/t26-,28-,29-,32-/m1/s1. The summed E-state index contributed by atoms with van der Waals surface area (Å²) in [5, 5.41) is 22.2. The normalized spacial score (nSPS) is 22.5. The molecule has 1 saturated heterocycles. The van der Waals surface area contributed by atoms with E-state index in [4.69, 9.17) is 9.47 Å². The van der Waals surface area contributed by atoms with Gasteiger partial charge in [0.2, 0.25) is 0 Å². The van der Waals surface area contributed by atoms with Crippen LogP contribution >= 0.6 is 0 Å². The monoisotopic (exact) mass is 564 g/mol. The Balaban J connectivity index is 1.21. The maximum atomic E-state index is 13.0. The zero-order valence-electron chi connectivity index (χ0n) is 22.9. The first-order valence-corrected chi connectivity index (χ1v) is 14.3. The summed E-state index contributed by atoms with van der Waals surface area (Å²) in [4.78, 5) is 21.8. The van der Waals surface area contributed by atoms with E-state index in [1.54, 1.807) is 4.57 Å². The van der Waals surface area contributed by atoms with Gasteiger partial charge in [-0.3, -0.25) is 13.9 Å². The summed E-state index contributed by atoms with van der Waals surface area (Å²) < 4.78 is 16.2. The second-order valence-electron chi connectivity index (χ2n) is 11.1. The van der Waals surface area contributed by atoms with Gasteiger partial charge in [-0.15, -0.1) is 0 Å². The van der Waals surface area contributed by atoms with Crippen LogP contribution in [0.1, 0.15) is 35.8 Å². The van der Waals surface area contributed by atoms with Crippen LogP contribution in [0.4, 0.5) is 0 Å². The Bertz CT molecular complexity index is 1620. The zero-order chi connectivity index (χ0) is 28.7. The van der Waals surface area contributed by atoms with Crippen molar-refractivity contribution in [3.63, 3.8) is 0 Å². The number of benzene rings is 3. The summed E-state index contributed by atoms with van der Waals surface area (Å²) in [6.07, 6.45) is 0.789. The molecule has 1 aliphatic carbocycles. The first-order chi connectivity index (χ1) is 20.6. The second kappa shape index (κ2) is 10.9. The van der Waals surface area contributed by atoms with Crippen LogP contribution in [0.2, 0.25) is 0 Å². The summed E-state index contributed by atoms with van der Waals surface area (Å²) in [5.74, 6) is 0.509. The van der Waals surface area contributed by atoms with Crippen LogP contribution in [0.15, 0.2) is 108 Å². The lowest BCUT2D eigenvalue weighted by molar-refractivity contribution is -0.0942. The predicted octanol–water partition coefficient (Wildman–Crippen LogP) is 3.63. The molecule has 9 heteroatoms. The van der Waals surface area contributed by atoms with E-state index < -0.39 is 30.1 Å². The molecule has 2 aromatic heterocycles. The first-order valence-electron chi connectivity index (χ1n) is 14.3. The summed E-state index contributed by atoms with van der Waals surface area (Å²) in [6, 6.07) is 29.8. The van der Waals surface area contributed by atoms with Crippen LogP contribution in [0.25, 0.3) is 11.2 Å². The van der Waals surface area contributed by atoms with Gasteiger partial charge in [0.15, 0.2) is 17.4 Å². The van der Waals surface area contributed by atoms with E-state index in [0.29, 0.717) is 18.1 Å². The molecule has 1 aliphatic heterocycles. The Labute approximate surface area is 242 Å². The van der Waals surface area contributed by atoms with Crippen LogP contribution in [0.5, 0.6) is 0 Å². The summed E-state index contributed by atoms with van der Waals surface area (Å²) >= 11 is 0. The summed E-state index contributed by atoms with van der Waals surface area (Å²) in [7, 11) is 0. The van der Waals surface area contributed by atoms with Gasteiger partial charge >= 0.3 is 0 Å². The quantitative estimate of drug-likeness (QED) is 0.263. The molecule has 3 aromatic carbocycles. The van der Waals surface area contributed by atoms with E-state index in [2.05, 4.69) is 9.97 Å². The Morgan fingerprint density at radius 1 is 0.810 bits per heavy atom. The molecule has 0 amide bonds. The Morgan fingerprint density at radius 3 is 1.93 bits per heavy atom. The average Bonchev–Trinajstić information content (AvgIpc) is 3.69. The van der Waals surface area contributed by atoms with E-state index in [0.717, 1.165) is 29.5 Å². The van der Waals surface area contributed by atoms with Crippen molar-refractivity contribution in [3.05, 3.63) is 131 Å². The lowest BCUT2D eigenvalue weighted by atomic mass is 9.80. The largest absolute Gasteiger partial charge is 0.387 e. The van der Waals surface area contributed by atoms with Gasteiger partial charge in [-0.25, -0.2) is 9.97 Å². The maximum Gasteiger partial charge on any atom is 0.281 e. The molecule has 0 bridgehead atoms. The van der Waals surface area contributed by atoms with Gasteiger partial charge in [0.1, 0.15) is 30.2 Å². The highest BCUT2D eigenvalue weighted by molar-refractivity contribution is 5.69. The number of ether oxygens (including phenoxy) is 2. The minimum absolute atomic E-state index is 0.0261. The Hall–Kier alpha value is -4.15. The van der Waals surface area contributed by atoms with Crippen molar-refractivity contribution < 1.29 is 19.7 Å². The number of aliphatic hydroxyl groups is 2. The van der Waals surface area contributed by atoms with E-state index in [-0.39, 0.29) is 17.7 Å². The molecule has 2 aliphatic rings. The van der Waals surface area contributed by atoms with E-state index in [1.165, 1.54) is 17.2 Å². The van der Waals surface area contributed by atoms with Crippen LogP contribution in [0, 0.1) is 5.92 Å². The maximum absolute atomic E-state index is 13.0. The molecular formula is C33H32N4O5. The number of hydrogen-bond donors (Lipinski definition) is 2. The van der Waals surface area contributed by atoms with Crippen LogP contribution in [0.3, 0.4) is 0 Å². The van der Waals surface area contributed by atoms with E-state index >= 15 is 0 Å². The molecule has 0 unspecified atom stereocenters. The van der Waals surface area contributed by atoms with Crippen molar-refractivity contribution in [1.29, 1.82) is 0 Å². The molecule has 5 aromatic rings. The SMILES string of the molecule is O=c1c2ncn([C@@H]3O[C@H](COC(c4ccccc4)(c4ccccc4)c4ccccc4)[C@@H](O)[C@H]3O)c2ncn1CC1CC1. The predicted molar refractivity (Wildman–Crippen MR) is 156 cm³/mol. The molecule has 214 valence electrons. The lowest BCUT2D eigenvalue weighted by Crippen LogP contribution is -2.39. The molecule has 0 radical (unpaired) electrons. The fourth-order valence-corrected chi connectivity index (χ4v) is 5.91. The summed E-state index contributed by atoms with van der Waals surface area (Å²) in [5.41, 5.74) is 2.03. The molecule has 3 heterocycles. The van der Waals surface area contributed by atoms with Crippen molar-refractivity contribution in [3.8, 4) is 0 Å². The van der Waals surface area contributed by atoms with Crippen molar-refractivity contribution >= 4 is 11.2 Å². The molecule has 42 heavy (non-hydrogen) atoms. The summed E-state index contributed by atoms with van der Waals surface area (Å²) in [6.45, 7) is 0.600. The van der Waals surface area contributed by atoms with Crippen molar-refractivity contribution in [1.82, 2.24) is 19.1 Å². The number of aromatic nitrogens is 4. The second-order valence-corrected chi connectivity index (χ2v) is 11.1. The van der Waals surface area contributed by atoms with Crippen LogP contribution < -0.4 is 5.56 Å². The van der Waals surface area contributed by atoms with Gasteiger partial charge in [0.05, 0.1) is 12.9 Å². The van der Waals surface area contributed by atoms with E-state index in [1.807, 2.05) is 91.0 Å². The van der Waals surface area contributed by atoms with Gasteiger partial charge in [0, 0.05) is 6.54 Å². The average molecular weight is 565 g/mol.